The Morgan fingerprint density at radius 1 is 1.26 bits per heavy atom. The molecule has 1 amide bonds. The lowest BCUT2D eigenvalue weighted by molar-refractivity contribution is 0.0930. The van der Waals surface area contributed by atoms with Gasteiger partial charge in [-0.15, -0.1) is 0 Å². The van der Waals surface area contributed by atoms with Crippen LogP contribution in [0.5, 0.6) is 0 Å². The fourth-order valence-corrected chi connectivity index (χ4v) is 2.51. The molecule has 2 aromatic rings. The zero-order valence-corrected chi connectivity index (χ0v) is 10.4. The summed E-state index contributed by atoms with van der Waals surface area (Å²) in [4.78, 5) is 20.6. The Morgan fingerprint density at radius 3 is 2.95 bits per heavy atom. The molecule has 1 aliphatic rings. The molecule has 1 fully saturated rings. The number of fused-ring (bicyclic) bond motifs is 1. The first-order chi connectivity index (χ1) is 9.24. The summed E-state index contributed by atoms with van der Waals surface area (Å²) >= 11 is 0. The van der Waals surface area contributed by atoms with Gasteiger partial charge >= 0.3 is 0 Å². The SMILES string of the molecule is O=C(N[C@H]1CC[C@@H](O)C1)c1nccc2cccnc12. The summed E-state index contributed by atoms with van der Waals surface area (Å²) < 4.78 is 0. The molecule has 19 heavy (non-hydrogen) atoms. The van der Waals surface area contributed by atoms with E-state index < -0.39 is 0 Å². The van der Waals surface area contributed by atoms with Gasteiger partial charge in [-0.1, -0.05) is 6.07 Å². The van der Waals surface area contributed by atoms with E-state index in [2.05, 4.69) is 15.3 Å². The second-order valence-electron chi connectivity index (χ2n) is 4.87. The first-order valence-corrected chi connectivity index (χ1v) is 6.42. The van der Waals surface area contributed by atoms with Crippen LogP contribution in [0, 0.1) is 0 Å². The molecule has 5 heteroatoms. The first-order valence-electron chi connectivity index (χ1n) is 6.42. The normalized spacial score (nSPS) is 22.6. The first kappa shape index (κ1) is 12.0. The minimum Gasteiger partial charge on any atom is -0.393 e. The summed E-state index contributed by atoms with van der Waals surface area (Å²) in [5.74, 6) is -0.219. The highest BCUT2D eigenvalue weighted by Crippen LogP contribution is 2.20. The van der Waals surface area contributed by atoms with Crippen molar-refractivity contribution in [1.82, 2.24) is 15.3 Å². The number of pyridine rings is 2. The van der Waals surface area contributed by atoms with Crippen LogP contribution >= 0.6 is 0 Å². The molecular formula is C14H15N3O2. The third-order valence-electron chi connectivity index (χ3n) is 3.48. The minimum absolute atomic E-state index is 0.0308. The number of hydrogen-bond donors (Lipinski definition) is 2. The van der Waals surface area contributed by atoms with Crippen LogP contribution in [-0.4, -0.2) is 33.1 Å². The van der Waals surface area contributed by atoms with Gasteiger partial charge in [0.2, 0.25) is 0 Å². The number of nitrogens with one attached hydrogen (secondary N) is 1. The van der Waals surface area contributed by atoms with Gasteiger partial charge in [0, 0.05) is 23.8 Å². The molecule has 3 rings (SSSR count). The molecule has 2 heterocycles. The summed E-state index contributed by atoms with van der Waals surface area (Å²) in [6.45, 7) is 0. The number of aliphatic hydroxyl groups is 1. The van der Waals surface area contributed by atoms with E-state index >= 15 is 0 Å². The molecule has 2 aromatic heterocycles. The van der Waals surface area contributed by atoms with Crippen molar-refractivity contribution in [2.45, 2.75) is 31.4 Å². The topological polar surface area (TPSA) is 75.1 Å². The van der Waals surface area contributed by atoms with Crippen molar-refractivity contribution in [3.05, 3.63) is 36.3 Å². The van der Waals surface area contributed by atoms with Gasteiger partial charge in [-0.2, -0.15) is 0 Å². The Balaban J connectivity index is 1.85. The Hall–Kier alpha value is -2.01. The molecule has 1 aliphatic carbocycles. The van der Waals surface area contributed by atoms with E-state index in [9.17, 15) is 9.90 Å². The van der Waals surface area contributed by atoms with Gasteiger partial charge in [0.25, 0.3) is 5.91 Å². The average Bonchev–Trinajstić information content (AvgIpc) is 2.83. The number of hydrogen-bond acceptors (Lipinski definition) is 4. The quantitative estimate of drug-likeness (QED) is 0.849. The number of aromatic nitrogens is 2. The molecule has 98 valence electrons. The summed E-state index contributed by atoms with van der Waals surface area (Å²) in [5.41, 5.74) is 0.959. The number of carbonyl (C=O) groups is 1. The summed E-state index contributed by atoms with van der Waals surface area (Å²) in [5, 5.41) is 13.3. The average molecular weight is 257 g/mol. The van der Waals surface area contributed by atoms with Gasteiger partial charge in [-0.3, -0.25) is 9.78 Å². The highest BCUT2D eigenvalue weighted by molar-refractivity contribution is 6.03. The zero-order chi connectivity index (χ0) is 13.2. The van der Waals surface area contributed by atoms with Crippen molar-refractivity contribution in [2.75, 3.05) is 0 Å². The standard InChI is InChI=1S/C14H15N3O2/c18-11-4-3-10(8-11)17-14(19)13-12-9(5-7-16-13)2-1-6-15-12/h1-2,5-7,10-11,18H,3-4,8H2,(H,17,19)/t10-,11+/m0/s1. The highest BCUT2D eigenvalue weighted by Gasteiger charge is 2.25. The second kappa shape index (κ2) is 4.93. The molecule has 0 aliphatic heterocycles. The Kier molecular flexibility index (Phi) is 3.13. The maximum atomic E-state index is 12.2. The van der Waals surface area contributed by atoms with Crippen LogP contribution in [0.4, 0.5) is 0 Å². The van der Waals surface area contributed by atoms with Gasteiger partial charge in [0.1, 0.15) is 5.52 Å². The van der Waals surface area contributed by atoms with Crippen LogP contribution in [0.3, 0.4) is 0 Å². The van der Waals surface area contributed by atoms with Crippen molar-refractivity contribution >= 4 is 16.8 Å². The Bertz CT molecular complexity index is 609. The van der Waals surface area contributed by atoms with Crippen LogP contribution < -0.4 is 5.32 Å². The molecule has 1 saturated carbocycles. The van der Waals surface area contributed by atoms with Gasteiger partial charge in [0.05, 0.1) is 6.10 Å². The maximum absolute atomic E-state index is 12.2. The predicted octanol–water partition coefficient (Wildman–Crippen LogP) is 1.27. The number of aliphatic hydroxyl groups excluding tert-OH is 1. The van der Waals surface area contributed by atoms with Crippen molar-refractivity contribution in [3.63, 3.8) is 0 Å². The van der Waals surface area contributed by atoms with Crippen LogP contribution in [0.15, 0.2) is 30.6 Å². The van der Waals surface area contributed by atoms with Crippen molar-refractivity contribution in [1.29, 1.82) is 0 Å². The van der Waals surface area contributed by atoms with Gasteiger partial charge < -0.3 is 10.4 Å². The van der Waals surface area contributed by atoms with Crippen molar-refractivity contribution in [2.24, 2.45) is 0 Å². The predicted molar refractivity (Wildman–Crippen MR) is 70.7 cm³/mol. The molecule has 0 spiro atoms. The van der Waals surface area contributed by atoms with Gasteiger partial charge in [-0.25, -0.2) is 4.98 Å². The maximum Gasteiger partial charge on any atom is 0.272 e. The third-order valence-corrected chi connectivity index (χ3v) is 3.48. The molecule has 0 aromatic carbocycles. The monoisotopic (exact) mass is 257 g/mol. The lowest BCUT2D eigenvalue weighted by atomic mass is 10.2. The van der Waals surface area contributed by atoms with E-state index in [1.165, 1.54) is 0 Å². The molecule has 2 N–H and O–H groups in total. The fraction of sp³-hybridized carbons (Fsp3) is 0.357. The molecule has 0 saturated heterocycles. The largest absolute Gasteiger partial charge is 0.393 e. The van der Waals surface area contributed by atoms with E-state index in [-0.39, 0.29) is 18.1 Å². The van der Waals surface area contributed by atoms with Crippen molar-refractivity contribution in [3.8, 4) is 0 Å². The number of amides is 1. The lowest BCUT2D eigenvalue weighted by Crippen LogP contribution is -2.34. The molecular weight excluding hydrogens is 242 g/mol. The summed E-state index contributed by atoms with van der Waals surface area (Å²) in [7, 11) is 0. The molecule has 0 bridgehead atoms. The summed E-state index contributed by atoms with van der Waals surface area (Å²) in [6, 6.07) is 5.60. The van der Waals surface area contributed by atoms with Crippen molar-refractivity contribution < 1.29 is 9.90 Å². The van der Waals surface area contributed by atoms with Crippen LogP contribution in [-0.2, 0) is 0 Å². The van der Waals surface area contributed by atoms with Gasteiger partial charge in [-0.05, 0) is 31.4 Å². The smallest absolute Gasteiger partial charge is 0.272 e. The molecule has 0 unspecified atom stereocenters. The summed E-state index contributed by atoms with van der Waals surface area (Å²) in [6.07, 6.45) is 5.13. The van der Waals surface area contributed by atoms with Crippen LogP contribution in [0.25, 0.3) is 10.9 Å². The fourth-order valence-electron chi connectivity index (χ4n) is 2.51. The Morgan fingerprint density at radius 2 is 2.16 bits per heavy atom. The zero-order valence-electron chi connectivity index (χ0n) is 10.4. The number of carbonyl (C=O) groups excluding carboxylic acids is 1. The van der Waals surface area contributed by atoms with E-state index in [1.54, 1.807) is 12.4 Å². The minimum atomic E-state index is -0.302. The highest BCUT2D eigenvalue weighted by atomic mass is 16.3. The molecule has 2 atom stereocenters. The van der Waals surface area contributed by atoms with E-state index in [1.807, 2.05) is 18.2 Å². The number of nitrogens with zero attached hydrogens (tertiary/aromatic N) is 2. The molecule has 0 radical (unpaired) electrons. The van der Waals surface area contributed by atoms with Crippen LogP contribution in [0.2, 0.25) is 0 Å². The van der Waals surface area contributed by atoms with E-state index in [4.69, 9.17) is 0 Å². The third kappa shape index (κ3) is 2.42. The van der Waals surface area contributed by atoms with E-state index in [0.29, 0.717) is 17.6 Å². The lowest BCUT2D eigenvalue weighted by Gasteiger charge is -2.12. The van der Waals surface area contributed by atoms with Crippen LogP contribution in [0.1, 0.15) is 29.8 Å². The second-order valence-corrected chi connectivity index (χ2v) is 4.87. The van der Waals surface area contributed by atoms with E-state index in [0.717, 1.165) is 18.2 Å². The number of rotatable bonds is 2. The van der Waals surface area contributed by atoms with Gasteiger partial charge in [0.15, 0.2) is 5.69 Å². The molecule has 5 nitrogen and oxygen atoms in total. The Labute approximate surface area is 110 Å².